The van der Waals surface area contributed by atoms with Crippen LogP contribution in [0.2, 0.25) is 0 Å². The fourth-order valence-corrected chi connectivity index (χ4v) is 2.63. The summed E-state index contributed by atoms with van der Waals surface area (Å²) in [5, 5.41) is 6.07. The van der Waals surface area contributed by atoms with Crippen LogP contribution < -0.4 is 10.6 Å². The van der Waals surface area contributed by atoms with Gasteiger partial charge in [-0.15, -0.1) is 12.4 Å². The zero-order valence-corrected chi connectivity index (χ0v) is 13.9. The topological polar surface area (TPSA) is 41.1 Å². The van der Waals surface area contributed by atoms with Crippen molar-refractivity contribution in [2.24, 2.45) is 11.3 Å². The Labute approximate surface area is 136 Å². The van der Waals surface area contributed by atoms with Gasteiger partial charge >= 0.3 is 0 Å². The summed E-state index contributed by atoms with van der Waals surface area (Å²) >= 11 is 0. The predicted molar refractivity (Wildman–Crippen MR) is 84.9 cm³/mol. The monoisotopic (exact) mass is 332 g/mol. The van der Waals surface area contributed by atoms with E-state index in [1.807, 2.05) is 20.8 Å². The van der Waals surface area contributed by atoms with Gasteiger partial charge in [-0.1, -0.05) is 26.8 Å². The summed E-state index contributed by atoms with van der Waals surface area (Å²) in [5.41, 5.74) is -0.0522. The molecule has 0 radical (unpaired) electrons. The van der Waals surface area contributed by atoms with Gasteiger partial charge in [0.05, 0.1) is 12.0 Å². The number of rotatable bonds is 3. The van der Waals surface area contributed by atoms with Gasteiger partial charge in [-0.3, -0.25) is 4.79 Å². The first-order valence-electron chi connectivity index (χ1n) is 7.25. The van der Waals surface area contributed by atoms with Gasteiger partial charge in [-0.05, 0) is 24.4 Å². The van der Waals surface area contributed by atoms with E-state index in [-0.39, 0.29) is 29.6 Å². The molecule has 1 amide bonds. The number of carbonyl (C=O) groups excluding carboxylic acids is 1. The molecular weight excluding hydrogens is 310 g/mol. The number of halogens is 3. The normalized spacial score (nSPS) is 19.4. The number of hydrogen-bond donors (Lipinski definition) is 2. The van der Waals surface area contributed by atoms with Gasteiger partial charge in [0, 0.05) is 18.2 Å². The van der Waals surface area contributed by atoms with Crippen LogP contribution in [0.25, 0.3) is 0 Å². The van der Waals surface area contributed by atoms with Gasteiger partial charge in [0.25, 0.3) is 0 Å². The third kappa shape index (κ3) is 4.40. The average Bonchev–Trinajstić information content (AvgIpc) is 2.89. The molecule has 1 heterocycles. The third-order valence-corrected chi connectivity index (χ3v) is 3.86. The molecule has 2 atom stereocenters. The second-order valence-electron chi connectivity index (χ2n) is 6.66. The van der Waals surface area contributed by atoms with Crippen LogP contribution >= 0.6 is 12.4 Å². The second kappa shape index (κ2) is 7.38. The Morgan fingerprint density at radius 3 is 2.55 bits per heavy atom. The molecule has 1 aliphatic rings. The lowest BCUT2D eigenvalue weighted by molar-refractivity contribution is -0.126. The first-order chi connectivity index (χ1) is 9.79. The van der Waals surface area contributed by atoms with E-state index in [0.29, 0.717) is 12.1 Å². The lowest BCUT2D eigenvalue weighted by Gasteiger charge is -2.33. The largest absolute Gasteiger partial charge is 0.348 e. The van der Waals surface area contributed by atoms with Crippen LogP contribution in [0.5, 0.6) is 0 Å². The van der Waals surface area contributed by atoms with Gasteiger partial charge < -0.3 is 10.6 Å². The Kier molecular flexibility index (Phi) is 6.32. The zero-order valence-electron chi connectivity index (χ0n) is 13.1. The van der Waals surface area contributed by atoms with Crippen molar-refractivity contribution < 1.29 is 13.6 Å². The molecule has 0 saturated carbocycles. The van der Waals surface area contributed by atoms with Gasteiger partial charge in [0.15, 0.2) is 0 Å². The van der Waals surface area contributed by atoms with Crippen molar-refractivity contribution in [3.63, 3.8) is 0 Å². The first-order valence-corrected chi connectivity index (χ1v) is 7.25. The number of amides is 1. The maximum Gasteiger partial charge on any atom is 0.224 e. The highest BCUT2D eigenvalue weighted by atomic mass is 35.5. The molecule has 1 saturated heterocycles. The molecule has 2 N–H and O–H groups in total. The Morgan fingerprint density at radius 2 is 2.05 bits per heavy atom. The molecule has 2 rings (SSSR count). The Morgan fingerprint density at radius 1 is 1.36 bits per heavy atom. The van der Waals surface area contributed by atoms with Crippen molar-refractivity contribution in [1.82, 2.24) is 10.6 Å². The molecule has 0 aromatic heterocycles. The van der Waals surface area contributed by atoms with E-state index < -0.39 is 17.7 Å². The quantitative estimate of drug-likeness (QED) is 0.892. The summed E-state index contributed by atoms with van der Waals surface area (Å²) in [7, 11) is 0. The van der Waals surface area contributed by atoms with E-state index >= 15 is 0 Å². The van der Waals surface area contributed by atoms with Crippen molar-refractivity contribution in [1.29, 1.82) is 0 Å². The molecule has 1 aromatic rings. The van der Waals surface area contributed by atoms with E-state index in [0.717, 1.165) is 19.0 Å². The van der Waals surface area contributed by atoms with E-state index in [1.54, 1.807) is 0 Å². The predicted octanol–water partition coefficient (Wildman–Crippen LogP) is 3.20. The van der Waals surface area contributed by atoms with Gasteiger partial charge in [0.1, 0.15) is 11.6 Å². The molecule has 124 valence electrons. The number of benzene rings is 1. The highest BCUT2D eigenvalue weighted by Crippen LogP contribution is 2.34. The molecule has 0 bridgehead atoms. The summed E-state index contributed by atoms with van der Waals surface area (Å²) in [5.74, 6) is -1.41. The third-order valence-electron chi connectivity index (χ3n) is 3.86. The van der Waals surface area contributed by atoms with E-state index in [9.17, 15) is 13.6 Å². The smallest absolute Gasteiger partial charge is 0.224 e. The molecule has 3 nitrogen and oxygen atoms in total. The summed E-state index contributed by atoms with van der Waals surface area (Å²) < 4.78 is 27.1. The highest BCUT2D eigenvalue weighted by Gasteiger charge is 2.32. The van der Waals surface area contributed by atoms with E-state index in [1.165, 1.54) is 12.1 Å². The molecule has 0 spiro atoms. The molecule has 2 unspecified atom stereocenters. The van der Waals surface area contributed by atoms with Crippen LogP contribution in [-0.4, -0.2) is 19.0 Å². The van der Waals surface area contributed by atoms with Crippen LogP contribution in [0.1, 0.15) is 38.8 Å². The highest BCUT2D eigenvalue weighted by molar-refractivity contribution is 5.85. The SMILES string of the molecule is CC(C)(C)C(NC(=O)C1CCNC1)c1ccc(F)cc1F.Cl. The first kappa shape index (κ1) is 18.8. The van der Waals surface area contributed by atoms with Gasteiger partial charge in [0.2, 0.25) is 5.91 Å². The maximum absolute atomic E-state index is 14.1. The Hall–Kier alpha value is -1.20. The minimum Gasteiger partial charge on any atom is -0.348 e. The van der Waals surface area contributed by atoms with Crippen LogP contribution in [0.15, 0.2) is 18.2 Å². The second-order valence-corrected chi connectivity index (χ2v) is 6.66. The number of carbonyl (C=O) groups is 1. The standard InChI is InChI=1S/C16H22F2N2O.ClH/c1-16(2,3)14(12-5-4-11(17)8-13(12)18)20-15(21)10-6-7-19-9-10;/h4-5,8,10,14,19H,6-7,9H2,1-3H3,(H,20,21);1H. The fraction of sp³-hybridized carbons (Fsp3) is 0.562. The van der Waals surface area contributed by atoms with Crippen LogP contribution in [0, 0.1) is 23.0 Å². The van der Waals surface area contributed by atoms with E-state index in [2.05, 4.69) is 10.6 Å². The zero-order chi connectivity index (χ0) is 15.6. The van der Waals surface area contributed by atoms with E-state index in [4.69, 9.17) is 0 Å². The van der Waals surface area contributed by atoms with Crippen LogP contribution in [0.3, 0.4) is 0 Å². The molecule has 0 aliphatic carbocycles. The van der Waals surface area contributed by atoms with Crippen molar-refractivity contribution in [2.45, 2.75) is 33.2 Å². The lowest BCUT2D eigenvalue weighted by atomic mass is 9.81. The van der Waals surface area contributed by atoms with Crippen molar-refractivity contribution in [3.05, 3.63) is 35.4 Å². The van der Waals surface area contributed by atoms with Crippen LogP contribution in [-0.2, 0) is 4.79 Å². The molecular formula is C16H23ClF2N2O. The lowest BCUT2D eigenvalue weighted by Crippen LogP contribution is -2.40. The molecule has 1 aromatic carbocycles. The summed E-state index contributed by atoms with van der Waals surface area (Å²) in [6.45, 7) is 7.24. The number of nitrogens with one attached hydrogen (secondary N) is 2. The maximum atomic E-state index is 14.1. The van der Waals surface area contributed by atoms with Crippen molar-refractivity contribution >= 4 is 18.3 Å². The molecule has 6 heteroatoms. The van der Waals surface area contributed by atoms with Gasteiger partial charge in [-0.25, -0.2) is 8.78 Å². The van der Waals surface area contributed by atoms with Crippen molar-refractivity contribution in [3.8, 4) is 0 Å². The average molecular weight is 333 g/mol. The molecule has 22 heavy (non-hydrogen) atoms. The van der Waals surface area contributed by atoms with Crippen molar-refractivity contribution in [2.75, 3.05) is 13.1 Å². The summed E-state index contributed by atoms with van der Waals surface area (Å²) in [6, 6.07) is 3.00. The summed E-state index contributed by atoms with van der Waals surface area (Å²) in [4.78, 5) is 12.3. The summed E-state index contributed by atoms with van der Waals surface area (Å²) in [6.07, 6.45) is 0.786. The molecule has 1 fully saturated rings. The Bertz CT molecular complexity index is 525. The molecule has 1 aliphatic heterocycles. The minimum atomic E-state index is -0.625. The number of hydrogen-bond acceptors (Lipinski definition) is 2. The van der Waals surface area contributed by atoms with Gasteiger partial charge in [-0.2, -0.15) is 0 Å². The minimum absolute atomic E-state index is 0. The Balaban J connectivity index is 0.00000242. The fourth-order valence-electron chi connectivity index (χ4n) is 2.63. The van der Waals surface area contributed by atoms with Crippen LogP contribution in [0.4, 0.5) is 8.78 Å².